The minimum absolute atomic E-state index is 0.0320. The van der Waals surface area contributed by atoms with Crippen LogP contribution in [0.5, 0.6) is 0 Å². The van der Waals surface area contributed by atoms with Gasteiger partial charge in [-0.1, -0.05) is 30.3 Å². The molecule has 2 aliphatic carbocycles. The lowest BCUT2D eigenvalue weighted by Gasteiger charge is -2.21. The predicted octanol–water partition coefficient (Wildman–Crippen LogP) is 3.52. The van der Waals surface area contributed by atoms with Gasteiger partial charge in [-0.2, -0.15) is 0 Å². The van der Waals surface area contributed by atoms with E-state index >= 15 is 0 Å². The molecule has 6 nitrogen and oxygen atoms in total. The Morgan fingerprint density at radius 2 is 1.86 bits per heavy atom. The molecule has 5 rings (SSSR count). The molecule has 0 unspecified atom stereocenters. The Balaban J connectivity index is 1.34. The van der Waals surface area contributed by atoms with Crippen LogP contribution in [0, 0.1) is 0 Å². The number of oxazole rings is 1. The van der Waals surface area contributed by atoms with E-state index in [0.717, 1.165) is 36.5 Å². The van der Waals surface area contributed by atoms with E-state index in [-0.39, 0.29) is 36.1 Å². The van der Waals surface area contributed by atoms with Gasteiger partial charge < -0.3 is 14.6 Å². The van der Waals surface area contributed by atoms with Crippen molar-refractivity contribution in [3.63, 3.8) is 0 Å². The summed E-state index contributed by atoms with van der Waals surface area (Å²) in [7, 11) is 0. The minimum atomic E-state index is -0.212. The third-order valence-electron chi connectivity index (χ3n) is 5.25. The Morgan fingerprint density at radius 1 is 1.07 bits per heavy atom. The first-order valence-corrected chi connectivity index (χ1v) is 9.72. The summed E-state index contributed by atoms with van der Waals surface area (Å²) in [5.41, 5.74) is 0.930. The average molecular weight is 375 g/mol. The van der Waals surface area contributed by atoms with Gasteiger partial charge >= 0.3 is 0 Å². The van der Waals surface area contributed by atoms with Crippen LogP contribution in [0.15, 0.2) is 53.1 Å². The van der Waals surface area contributed by atoms with Crippen LogP contribution in [0.2, 0.25) is 0 Å². The topological polar surface area (TPSA) is 75.4 Å². The Hall–Kier alpha value is -3.15. The van der Waals surface area contributed by atoms with E-state index in [4.69, 9.17) is 4.42 Å². The second-order valence-electron chi connectivity index (χ2n) is 7.60. The van der Waals surface area contributed by atoms with Crippen LogP contribution in [-0.2, 0) is 6.54 Å². The Kier molecular flexibility index (Phi) is 4.11. The first-order chi connectivity index (χ1) is 13.7. The lowest BCUT2D eigenvalue weighted by molar-refractivity contribution is 0.0714. The van der Waals surface area contributed by atoms with E-state index in [2.05, 4.69) is 10.3 Å². The molecule has 6 heteroatoms. The van der Waals surface area contributed by atoms with E-state index in [9.17, 15) is 9.59 Å². The highest BCUT2D eigenvalue weighted by Crippen LogP contribution is 2.30. The van der Waals surface area contributed by atoms with Crippen molar-refractivity contribution in [1.82, 2.24) is 15.2 Å². The molecule has 28 heavy (non-hydrogen) atoms. The van der Waals surface area contributed by atoms with Gasteiger partial charge in [-0.15, -0.1) is 0 Å². The largest absolute Gasteiger partial charge is 0.446 e. The van der Waals surface area contributed by atoms with Crippen LogP contribution in [0.3, 0.4) is 0 Å². The normalized spacial score (nSPS) is 16.1. The summed E-state index contributed by atoms with van der Waals surface area (Å²) in [5.74, 6) is 0.147. The fraction of sp³-hybridized carbons (Fsp3) is 0.318. The van der Waals surface area contributed by atoms with Gasteiger partial charge in [0, 0.05) is 17.6 Å². The van der Waals surface area contributed by atoms with E-state index in [0.29, 0.717) is 11.5 Å². The monoisotopic (exact) mass is 375 g/mol. The molecule has 2 saturated carbocycles. The maximum Gasteiger partial charge on any atom is 0.273 e. The summed E-state index contributed by atoms with van der Waals surface area (Å²) in [6.45, 7) is 0.271. The van der Waals surface area contributed by atoms with Crippen LogP contribution in [0.1, 0.15) is 52.4 Å². The van der Waals surface area contributed by atoms with Crippen LogP contribution in [0.4, 0.5) is 0 Å². The smallest absolute Gasteiger partial charge is 0.273 e. The lowest BCUT2D eigenvalue weighted by Crippen LogP contribution is -2.32. The second-order valence-corrected chi connectivity index (χ2v) is 7.60. The highest BCUT2D eigenvalue weighted by atomic mass is 16.3. The summed E-state index contributed by atoms with van der Waals surface area (Å²) in [4.78, 5) is 31.4. The number of fused-ring (bicyclic) bond motifs is 1. The van der Waals surface area contributed by atoms with Gasteiger partial charge in [-0.25, -0.2) is 4.98 Å². The maximum absolute atomic E-state index is 13.1. The molecule has 0 atom stereocenters. The minimum Gasteiger partial charge on any atom is -0.446 e. The van der Waals surface area contributed by atoms with Crippen molar-refractivity contribution in [2.24, 2.45) is 0 Å². The molecule has 1 heterocycles. The predicted molar refractivity (Wildman–Crippen MR) is 104 cm³/mol. The first-order valence-electron chi connectivity index (χ1n) is 9.72. The van der Waals surface area contributed by atoms with Crippen LogP contribution in [-0.4, -0.2) is 33.8 Å². The maximum atomic E-state index is 13.1. The number of carbonyl (C=O) groups is 2. The molecule has 2 aromatic carbocycles. The number of amides is 2. The third-order valence-corrected chi connectivity index (χ3v) is 5.25. The first kappa shape index (κ1) is 17.0. The lowest BCUT2D eigenvalue weighted by atomic mass is 10.1. The fourth-order valence-electron chi connectivity index (χ4n) is 3.36. The standard InChI is InChI=1S/C22H21N3O3/c26-21(23-17-7-8-17)19-13-28-20(24-19)12-25(18-9-10-18)22(27)16-6-5-14-3-1-2-4-15(14)11-16/h1-6,11,13,17-18H,7-10,12H2,(H,23,26). The summed E-state index contributed by atoms with van der Waals surface area (Å²) in [6, 6.07) is 14.2. The molecule has 1 N–H and O–H groups in total. The highest BCUT2D eigenvalue weighted by molar-refractivity contribution is 5.99. The third kappa shape index (κ3) is 3.50. The molecule has 142 valence electrons. The van der Waals surface area contributed by atoms with Crippen molar-refractivity contribution in [3.05, 3.63) is 65.9 Å². The number of nitrogens with zero attached hydrogens (tertiary/aromatic N) is 2. The summed E-state index contributed by atoms with van der Waals surface area (Å²) >= 11 is 0. The van der Waals surface area contributed by atoms with Gasteiger partial charge in [-0.3, -0.25) is 9.59 Å². The van der Waals surface area contributed by atoms with Gasteiger partial charge in [0.15, 0.2) is 5.69 Å². The highest BCUT2D eigenvalue weighted by Gasteiger charge is 2.34. The molecule has 3 aromatic rings. The van der Waals surface area contributed by atoms with E-state index in [1.54, 1.807) is 4.90 Å². The molecule has 0 saturated heterocycles. The van der Waals surface area contributed by atoms with Crippen molar-refractivity contribution in [3.8, 4) is 0 Å². The molecule has 2 amide bonds. The van der Waals surface area contributed by atoms with Crippen molar-refractivity contribution in [2.75, 3.05) is 0 Å². The van der Waals surface area contributed by atoms with Gasteiger partial charge in [0.25, 0.3) is 11.8 Å². The summed E-state index contributed by atoms with van der Waals surface area (Å²) in [5, 5.41) is 5.04. The van der Waals surface area contributed by atoms with Gasteiger partial charge in [0.2, 0.25) is 5.89 Å². The van der Waals surface area contributed by atoms with Gasteiger partial charge in [0.1, 0.15) is 6.26 Å². The van der Waals surface area contributed by atoms with Crippen molar-refractivity contribution in [1.29, 1.82) is 0 Å². The van der Waals surface area contributed by atoms with E-state index in [1.165, 1.54) is 6.26 Å². The number of nitrogens with one attached hydrogen (secondary N) is 1. The Morgan fingerprint density at radius 3 is 2.61 bits per heavy atom. The zero-order valence-electron chi connectivity index (χ0n) is 15.4. The summed E-state index contributed by atoms with van der Waals surface area (Å²) < 4.78 is 5.49. The van der Waals surface area contributed by atoms with Crippen LogP contribution < -0.4 is 5.32 Å². The van der Waals surface area contributed by atoms with E-state index in [1.807, 2.05) is 42.5 Å². The van der Waals surface area contributed by atoms with Crippen molar-refractivity contribution < 1.29 is 14.0 Å². The molecular weight excluding hydrogens is 354 g/mol. The molecule has 0 spiro atoms. The number of aromatic nitrogens is 1. The van der Waals surface area contributed by atoms with Gasteiger partial charge in [0.05, 0.1) is 6.54 Å². The number of hydrogen-bond donors (Lipinski definition) is 1. The number of hydrogen-bond acceptors (Lipinski definition) is 4. The SMILES string of the molecule is O=C(NC1CC1)c1coc(CN(C(=O)c2ccc3ccccc3c2)C2CC2)n1. The molecule has 2 fully saturated rings. The fourth-order valence-corrected chi connectivity index (χ4v) is 3.36. The summed E-state index contributed by atoms with van der Waals surface area (Å²) in [6.07, 6.45) is 5.38. The Labute approximate surface area is 162 Å². The zero-order chi connectivity index (χ0) is 19.1. The quantitative estimate of drug-likeness (QED) is 0.715. The second kappa shape index (κ2) is 6.78. The number of carbonyl (C=O) groups excluding carboxylic acids is 2. The zero-order valence-corrected chi connectivity index (χ0v) is 15.4. The average Bonchev–Trinajstić information content (AvgIpc) is 3.65. The Bertz CT molecular complexity index is 1050. The molecule has 1 aromatic heterocycles. The van der Waals surface area contributed by atoms with Gasteiger partial charge in [-0.05, 0) is 48.6 Å². The van der Waals surface area contributed by atoms with Crippen LogP contribution >= 0.6 is 0 Å². The molecule has 0 radical (unpaired) electrons. The molecular formula is C22H21N3O3. The number of rotatable bonds is 6. The molecule has 0 bridgehead atoms. The van der Waals surface area contributed by atoms with Crippen molar-refractivity contribution in [2.45, 2.75) is 44.3 Å². The van der Waals surface area contributed by atoms with E-state index < -0.39 is 0 Å². The molecule has 2 aliphatic rings. The van der Waals surface area contributed by atoms with Crippen LogP contribution in [0.25, 0.3) is 10.8 Å². The molecule has 0 aliphatic heterocycles. The number of benzene rings is 2. The van der Waals surface area contributed by atoms with Crippen molar-refractivity contribution >= 4 is 22.6 Å².